The van der Waals surface area contributed by atoms with E-state index in [4.69, 9.17) is 5.73 Å². The number of carbonyl (C=O) groups excluding carboxylic acids is 2. The Kier molecular flexibility index (Phi) is 3.82. The third-order valence-electron chi connectivity index (χ3n) is 4.65. The molecule has 1 saturated carbocycles. The van der Waals surface area contributed by atoms with Gasteiger partial charge in [0.15, 0.2) is 0 Å². The molecule has 2 aliphatic rings. The Hall–Kier alpha value is -2.04. The largest absolute Gasteiger partial charge is 0.366 e. The maximum atomic E-state index is 12.5. The highest BCUT2D eigenvalue weighted by molar-refractivity contribution is 5.96. The van der Waals surface area contributed by atoms with E-state index >= 15 is 0 Å². The first-order valence-electron chi connectivity index (χ1n) is 7.62. The number of nitrogens with two attached hydrogens (primary N) is 1. The number of rotatable bonds is 2. The van der Waals surface area contributed by atoms with Gasteiger partial charge in [0.05, 0.1) is 0 Å². The lowest BCUT2D eigenvalue weighted by molar-refractivity contribution is 0.1000. The van der Waals surface area contributed by atoms with Gasteiger partial charge in [-0.25, -0.2) is 4.79 Å². The van der Waals surface area contributed by atoms with Gasteiger partial charge in [-0.3, -0.25) is 4.79 Å². The van der Waals surface area contributed by atoms with Crippen LogP contribution in [0.5, 0.6) is 0 Å². The van der Waals surface area contributed by atoms with Crippen LogP contribution in [0.25, 0.3) is 0 Å². The van der Waals surface area contributed by atoms with Crippen molar-refractivity contribution in [2.45, 2.75) is 38.1 Å². The lowest BCUT2D eigenvalue weighted by Crippen LogP contribution is -2.48. The molecule has 2 fully saturated rings. The average molecular weight is 287 g/mol. The van der Waals surface area contributed by atoms with E-state index in [9.17, 15) is 9.59 Å². The molecule has 0 spiro atoms. The molecule has 3 N–H and O–H groups in total. The molecule has 5 nitrogen and oxygen atoms in total. The standard InChI is InChI=1S/C16H21N3O2/c17-15(20)12-5-1-7-13(10-12)18-16(21)19-9-3-6-11-4-2-8-14(11)19/h1,5,7,10-11,14H,2-4,6,8-9H2,(H2,17,20)(H,18,21)/t11-,14+/m1/s1. The van der Waals surface area contributed by atoms with E-state index < -0.39 is 5.91 Å². The van der Waals surface area contributed by atoms with Crippen molar-refractivity contribution < 1.29 is 9.59 Å². The summed E-state index contributed by atoms with van der Waals surface area (Å²) in [6.45, 7) is 0.822. The van der Waals surface area contributed by atoms with Gasteiger partial charge < -0.3 is 16.0 Å². The molecule has 1 saturated heterocycles. The number of benzene rings is 1. The second-order valence-corrected chi connectivity index (χ2v) is 5.97. The van der Waals surface area contributed by atoms with E-state index in [-0.39, 0.29) is 6.03 Å². The smallest absolute Gasteiger partial charge is 0.322 e. The number of anilines is 1. The topological polar surface area (TPSA) is 75.4 Å². The molecule has 21 heavy (non-hydrogen) atoms. The van der Waals surface area contributed by atoms with Crippen LogP contribution in [-0.2, 0) is 0 Å². The molecule has 1 aliphatic carbocycles. The predicted molar refractivity (Wildman–Crippen MR) is 81.0 cm³/mol. The third kappa shape index (κ3) is 2.86. The van der Waals surface area contributed by atoms with E-state index in [1.165, 1.54) is 19.3 Å². The zero-order valence-corrected chi connectivity index (χ0v) is 12.0. The maximum absolute atomic E-state index is 12.5. The number of carbonyl (C=O) groups is 2. The molecule has 3 amide bonds. The van der Waals surface area contributed by atoms with Crippen molar-refractivity contribution in [1.82, 2.24) is 4.90 Å². The molecule has 3 rings (SSSR count). The molecule has 0 unspecified atom stereocenters. The minimum Gasteiger partial charge on any atom is -0.366 e. The molecule has 5 heteroatoms. The second-order valence-electron chi connectivity index (χ2n) is 5.97. The summed E-state index contributed by atoms with van der Waals surface area (Å²) in [5.41, 5.74) is 6.29. The summed E-state index contributed by atoms with van der Waals surface area (Å²) >= 11 is 0. The highest BCUT2D eigenvalue weighted by Gasteiger charge is 2.37. The summed E-state index contributed by atoms with van der Waals surface area (Å²) in [6.07, 6.45) is 5.89. The maximum Gasteiger partial charge on any atom is 0.322 e. The van der Waals surface area contributed by atoms with E-state index in [1.54, 1.807) is 24.3 Å². The van der Waals surface area contributed by atoms with Gasteiger partial charge in [0.1, 0.15) is 0 Å². The Morgan fingerprint density at radius 2 is 2.00 bits per heavy atom. The fourth-order valence-electron chi connectivity index (χ4n) is 3.65. The first-order chi connectivity index (χ1) is 10.1. The van der Waals surface area contributed by atoms with Crippen LogP contribution >= 0.6 is 0 Å². The number of hydrogen-bond acceptors (Lipinski definition) is 2. The van der Waals surface area contributed by atoms with Crippen LogP contribution in [0.1, 0.15) is 42.5 Å². The Balaban J connectivity index is 1.71. The number of fused-ring (bicyclic) bond motifs is 1. The van der Waals surface area contributed by atoms with Gasteiger partial charge in [0, 0.05) is 23.8 Å². The molecule has 2 atom stereocenters. The number of nitrogens with zero attached hydrogens (tertiary/aromatic N) is 1. The molecule has 0 bridgehead atoms. The van der Waals surface area contributed by atoms with Crippen molar-refractivity contribution in [2.75, 3.05) is 11.9 Å². The van der Waals surface area contributed by atoms with Crippen molar-refractivity contribution in [1.29, 1.82) is 0 Å². The Bertz CT molecular complexity index is 558. The van der Waals surface area contributed by atoms with Gasteiger partial charge in [-0.1, -0.05) is 12.5 Å². The van der Waals surface area contributed by atoms with Crippen LogP contribution in [0.2, 0.25) is 0 Å². The van der Waals surface area contributed by atoms with Crippen LogP contribution in [0.15, 0.2) is 24.3 Å². The third-order valence-corrected chi connectivity index (χ3v) is 4.65. The van der Waals surface area contributed by atoms with Gasteiger partial charge in [-0.05, 0) is 49.8 Å². The van der Waals surface area contributed by atoms with Gasteiger partial charge in [0.25, 0.3) is 0 Å². The van der Waals surface area contributed by atoms with E-state index in [2.05, 4.69) is 5.32 Å². The van der Waals surface area contributed by atoms with Crippen LogP contribution in [0, 0.1) is 5.92 Å². The van der Waals surface area contributed by atoms with Crippen molar-refractivity contribution in [2.24, 2.45) is 11.7 Å². The number of primary amides is 1. The number of urea groups is 1. The number of piperidine rings is 1. The van der Waals surface area contributed by atoms with E-state index in [0.29, 0.717) is 23.2 Å². The zero-order valence-electron chi connectivity index (χ0n) is 12.0. The minimum atomic E-state index is -0.486. The molecular formula is C16H21N3O2. The van der Waals surface area contributed by atoms with E-state index in [0.717, 1.165) is 19.4 Å². The van der Waals surface area contributed by atoms with Crippen LogP contribution in [0.4, 0.5) is 10.5 Å². The highest BCUT2D eigenvalue weighted by atomic mass is 16.2. The minimum absolute atomic E-state index is 0.0618. The van der Waals surface area contributed by atoms with E-state index in [1.807, 2.05) is 4.90 Å². The van der Waals surface area contributed by atoms with Gasteiger partial charge in [-0.2, -0.15) is 0 Å². The number of hydrogen-bond donors (Lipinski definition) is 2. The first kappa shape index (κ1) is 13.9. The van der Waals surface area contributed by atoms with Gasteiger partial charge in [-0.15, -0.1) is 0 Å². The summed E-state index contributed by atoms with van der Waals surface area (Å²) in [6, 6.07) is 7.10. The SMILES string of the molecule is NC(=O)c1cccc(NC(=O)N2CCC[C@H]3CCC[C@@H]32)c1. The van der Waals surface area contributed by atoms with Crippen molar-refractivity contribution in [3.05, 3.63) is 29.8 Å². The number of amides is 3. The van der Waals surface area contributed by atoms with Crippen molar-refractivity contribution >= 4 is 17.6 Å². The normalized spacial score (nSPS) is 24.5. The second kappa shape index (κ2) is 5.76. The Labute approximate surface area is 124 Å². The summed E-state index contributed by atoms with van der Waals surface area (Å²) in [4.78, 5) is 25.6. The summed E-state index contributed by atoms with van der Waals surface area (Å²) < 4.78 is 0. The fraction of sp³-hybridized carbons (Fsp3) is 0.500. The molecular weight excluding hydrogens is 266 g/mol. The molecule has 1 aliphatic heterocycles. The van der Waals surface area contributed by atoms with Gasteiger partial charge in [0.2, 0.25) is 5.91 Å². The number of likely N-dealkylation sites (tertiary alicyclic amines) is 1. The molecule has 0 radical (unpaired) electrons. The summed E-state index contributed by atoms with van der Waals surface area (Å²) in [7, 11) is 0. The molecule has 112 valence electrons. The fourth-order valence-corrected chi connectivity index (χ4v) is 3.65. The van der Waals surface area contributed by atoms with Crippen LogP contribution in [0.3, 0.4) is 0 Å². The molecule has 0 aromatic heterocycles. The first-order valence-corrected chi connectivity index (χ1v) is 7.62. The lowest BCUT2D eigenvalue weighted by atomic mass is 9.92. The van der Waals surface area contributed by atoms with Gasteiger partial charge >= 0.3 is 6.03 Å². The molecule has 1 aromatic carbocycles. The highest BCUT2D eigenvalue weighted by Crippen LogP contribution is 2.36. The number of nitrogens with one attached hydrogen (secondary N) is 1. The van der Waals surface area contributed by atoms with Crippen LogP contribution < -0.4 is 11.1 Å². The Morgan fingerprint density at radius 1 is 1.19 bits per heavy atom. The lowest BCUT2D eigenvalue weighted by Gasteiger charge is -2.37. The molecule has 1 heterocycles. The van der Waals surface area contributed by atoms with Crippen molar-refractivity contribution in [3.63, 3.8) is 0 Å². The quantitative estimate of drug-likeness (QED) is 0.877. The molecule has 1 aromatic rings. The monoisotopic (exact) mass is 287 g/mol. The summed E-state index contributed by atoms with van der Waals surface area (Å²) in [5, 5.41) is 2.90. The zero-order chi connectivity index (χ0) is 14.8. The Morgan fingerprint density at radius 3 is 2.81 bits per heavy atom. The predicted octanol–water partition coefficient (Wildman–Crippen LogP) is 2.58. The summed E-state index contributed by atoms with van der Waals surface area (Å²) in [5.74, 6) is 0.182. The average Bonchev–Trinajstić information content (AvgIpc) is 2.95. The van der Waals surface area contributed by atoms with Crippen LogP contribution in [-0.4, -0.2) is 29.4 Å². The van der Waals surface area contributed by atoms with Crippen molar-refractivity contribution in [3.8, 4) is 0 Å².